The summed E-state index contributed by atoms with van der Waals surface area (Å²) in [6.07, 6.45) is 0. The second-order valence-corrected chi connectivity index (χ2v) is 5.48. The van der Waals surface area contributed by atoms with Crippen LogP contribution in [0.15, 0.2) is 58.3 Å². The smallest absolute Gasteiger partial charge is 0.192 e. The molecule has 0 atom stereocenters. The molecular weight excluding hydrogens is 282 g/mol. The van der Waals surface area contributed by atoms with Crippen LogP contribution < -0.4 is 15.4 Å². The van der Waals surface area contributed by atoms with E-state index in [0.717, 1.165) is 27.8 Å². The number of hydrogen-bond donors (Lipinski definition) is 3. The fourth-order valence-electron chi connectivity index (χ4n) is 1.75. The fraction of sp³-hybridized carbons (Fsp3) is 0.188. The van der Waals surface area contributed by atoms with Crippen LogP contribution in [-0.4, -0.2) is 19.6 Å². The van der Waals surface area contributed by atoms with Crippen molar-refractivity contribution in [3.63, 3.8) is 0 Å². The summed E-state index contributed by atoms with van der Waals surface area (Å²) in [4.78, 5) is 2.32. The van der Waals surface area contributed by atoms with Crippen LogP contribution in [-0.2, 0) is 0 Å². The first-order chi connectivity index (χ1) is 10.2. The molecule has 0 amide bonds. The van der Waals surface area contributed by atoms with Gasteiger partial charge in [-0.15, -0.1) is 0 Å². The zero-order valence-electron chi connectivity index (χ0n) is 12.1. The van der Waals surface area contributed by atoms with E-state index < -0.39 is 0 Å². The van der Waals surface area contributed by atoms with Crippen molar-refractivity contribution in [2.24, 2.45) is 0 Å². The molecule has 0 aliphatic heterocycles. The summed E-state index contributed by atoms with van der Waals surface area (Å²) in [6, 6.07) is 16.0. The summed E-state index contributed by atoms with van der Waals surface area (Å²) < 4.78 is 5.15. The Balaban J connectivity index is 1.96. The number of ether oxygens (including phenoxy) is 1. The van der Waals surface area contributed by atoms with E-state index in [0.29, 0.717) is 5.96 Å². The van der Waals surface area contributed by atoms with Crippen molar-refractivity contribution in [2.75, 3.05) is 19.0 Å². The molecule has 0 spiro atoms. The maximum atomic E-state index is 7.66. The number of methoxy groups -OCH3 is 1. The van der Waals surface area contributed by atoms with Crippen LogP contribution in [0.2, 0.25) is 0 Å². The highest BCUT2D eigenvalue weighted by atomic mass is 32.2. The van der Waals surface area contributed by atoms with Gasteiger partial charge >= 0.3 is 0 Å². The van der Waals surface area contributed by atoms with Crippen LogP contribution in [0, 0.1) is 5.41 Å². The van der Waals surface area contributed by atoms with Crippen LogP contribution in [0.1, 0.15) is 6.92 Å². The van der Waals surface area contributed by atoms with Crippen molar-refractivity contribution in [1.29, 1.82) is 5.41 Å². The molecule has 0 heterocycles. The van der Waals surface area contributed by atoms with E-state index in [1.165, 1.54) is 0 Å². The van der Waals surface area contributed by atoms with Gasteiger partial charge in [0.1, 0.15) is 5.75 Å². The number of anilines is 1. The average Bonchev–Trinajstić information content (AvgIpc) is 2.50. The molecule has 0 radical (unpaired) electrons. The molecule has 0 saturated carbocycles. The van der Waals surface area contributed by atoms with Gasteiger partial charge in [0.15, 0.2) is 5.96 Å². The normalized spacial score (nSPS) is 10.0. The lowest BCUT2D eigenvalue weighted by atomic mass is 10.3. The zero-order chi connectivity index (χ0) is 15.1. The third-order valence-electron chi connectivity index (χ3n) is 2.77. The molecule has 0 fully saturated rings. The first-order valence-corrected chi connectivity index (χ1v) is 7.54. The second kappa shape index (κ2) is 7.59. The second-order valence-electron chi connectivity index (χ2n) is 4.33. The largest absolute Gasteiger partial charge is 0.497 e. The van der Waals surface area contributed by atoms with Crippen molar-refractivity contribution in [3.8, 4) is 5.75 Å². The minimum absolute atomic E-state index is 0.313. The summed E-state index contributed by atoms with van der Waals surface area (Å²) in [6.45, 7) is 2.70. The first-order valence-electron chi connectivity index (χ1n) is 6.72. The Kier molecular flexibility index (Phi) is 5.51. The fourth-order valence-corrected chi connectivity index (χ4v) is 2.57. The molecular formula is C16H19N3OS. The molecule has 0 bridgehead atoms. The maximum Gasteiger partial charge on any atom is 0.192 e. The van der Waals surface area contributed by atoms with E-state index in [9.17, 15) is 0 Å². The maximum absolute atomic E-state index is 7.66. The monoisotopic (exact) mass is 301 g/mol. The number of benzene rings is 2. The van der Waals surface area contributed by atoms with Gasteiger partial charge in [-0.3, -0.25) is 5.41 Å². The standard InChI is InChI=1S/C16H19N3OS/c1-3-18-16(17)19-12-4-8-14(9-5-12)21-15-10-6-13(20-2)7-11-15/h4-11H,3H2,1-2H3,(H3,17,18,19). The number of guanidine groups is 1. The predicted molar refractivity (Wildman–Crippen MR) is 88.6 cm³/mol. The predicted octanol–water partition coefficient (Wildman–Crippen LogP) is 3.80. The Labute approximate surface area is 129 Å². The highest BCUT2D eigenvalue weighted by Crippen LogP contribution is 2.29. The summed E-state index contributed by atoms with van der Waals surface area (Å²) in [5, 5.41) is 13.6. The van der Waals surface area contributed by atoms with E-state index >= 15 is 0 Å². The molecule has 110 valence electrons. The molecule has 5 heteroatoms. The first kappa shape index (κ1) is 15.3. The van der Waals surface area contributed by atoms with Crippen LogP contribution in [0.5, 0.6) is 5.75 Å². The lowest BCUT2D eigenvalue weighted by Crippen LogP contribution is -2.28. The van der Waals surface area contributed by atoms with Gasteiger partial charge in [-0.1, -0.05) is 11.8 Å². The molecule has 4 nitrogen and oxygen atoms in total. The van der Waals surface area contributed by atoms with E-state index in [4.69, 9.17) is 10.1 Å². The van der Waals surface area contributed by atoms with Gasteiger partial charge in [0.2, 0.25) is 0 Å². The lowest BCUT2D eigenvalue weighted by molar-refractivity contribution is 0.414. The Hall–Kier alpha value is -2.14. The third-order valence-corrected chi connectivity index (χ3v) is 3.79. The highest BCUT2D eigenvalue weighted by molar-refractivity contribution is 7.99. The van der Waals surface area contributed by atoms with E-state index in [1.807, 2.05) is 55.5 Å². The van der Waals surface area contributed by atoms with Crippen molar-refractivity contribution < 1.29 is 4.74 Å². The van der Waals surface area contributed by atoms with Gasteiger partial charge < -0.3 is 15.4 Å². The highest BCUT2D eigenvalue weighted by Gasteiger charge is 2.00. The summed E-state index contributed by atoms with van der Waals surface area (Å²) in [5.74, 6) is 1.17. The molecule has 0 aliphatic carbocycles. The minimum atomic E-state index is 0.313. The summed E-state index contributed by atoms with van der Waals surface area (Å²) >= 11 is 1.69. The number of nitrogens with one attached hydrogen (secondary N) is 3. The van der Waals surface area contributed by atoms with E-state index in [1.54, 1.807) is 18.9 Å². The lowest BCUT2D eigenvalue weighted by Gasteiger charge is -2.09. The summed E-state index contributed by atoms with van der Waals surface area (Å²) in [7, 11) is 1.67. The van der Waals surface area contributed by atoms with E-state index in [-0.39, 0.29) is 0 Å². The molecule has 0 aliphatic rings. The van der Waals surface area contributed by atoms with E-state index in [2.05, 4.69) is 10.6 Å². The van der Waals surface area contributed by atoms with Crippen molar-refractivity contribution in [1.82, 2.24) is 5.32 Å². The Morgan fingerprint density at radius 2 is 1.62 bits per heavy atom. The van der Waals surface area contributed by atoms with Gasteiger partial charge in [0.05, 0.1) is 7.11 Å². The zero-order valence-corrected chi connectivity index (χ0v) is 13.0. The van der Waals surface area contributed by atoms with Crippen molar-refractivity contribution in [2.45, 2.75) is 16.7 Å². The molecule has 2 aromatic carbocycles. The van der Waals surface area contributed by atoms with Gasteiger partial charge in [0.25, 0.3) is 0 Å². The minimum Gasteiger partial charge on any atom is -0.497 e. The van der Waals surface area contributed by atoms with Gasteiger partial charge in [0, 0.05) is 22.0 Å². The number of rotatable bonds is 5. The third kappa shape index (κ3) is 4.72. The van der Waals surface area contributed by atoms with Crippen LogP contribution in [0.25, 0.3) is 0 Å². The van der Waals surface area contributed by atoms with Crippen LogP contribution in [0.4, 0.5) is 5.69 Å². The molecule has 2 rings (SSSR count). The summed E-state index contributed by atoms with van der Waals surface area (Å²) in [5.41, 5.74) is 0.903. The topological polar surface area (TPSA) is 57.1 Å². The Bertz CT molecular complexity index is 581. The number of hydrogen-bond acceptors (Lipinski definition) is 3. The molecule has 3 N–H and O–H groups in total. The van der Waals surface area contributed by atoms with Crippen LogP contribution in [0.3, 0.4) is 0 Å². The molecule has 0 unspecified atom stereocenters. The molecule has 0 aromatic heterocycles. The Morgan fingerprint density at radius 1 is 1.05 bits per heavy atom. The molecule has 21 heavy (non-hydrogen) atoms. The van der Waals surface area contributed by atoms with Gasteiger partial charge in [-0.05, 0) is 55.5 Å². The quantitative estimate of drug-likeness (QED) is 0.581. The SMILES string of the molecule is CCNC(=N)Nc1ccc(Sc2ccc(OC)cc2)cc1. The van der Waals surface area contributed by atoms with Gasteiger partial charge in [-0.25, -0.2) is 0 Å². The van der Waals surface area contributed by atoms with Crippen molar-refractivity contribution in [3.05, 3.63) is 48.5 Å². The average molecular weight is 301 g/mol. The van der Waals surface area contributed by atoms with Crippen molar-refractivity contribution >= 4 is 23.4 Å². The van der Waals surface area contributed by atoms with Crippen LogP contribution >= 0.6 is 11.8 Å². The molecule has 0 saturated heterocycles. The van der Waals surface area contributed by atoms with Gasteiger partial charge in [-0.2, -0.15) is 0 Å². The Morgan fingerprint density at radius 3 is 2.14 bits per heavy atom. The molecule has 2 aromatic rings.